The van der Waals surface area contributed by atoms with Crippen LogP contribution in [0.1, 0.15) is 42.2 Å². The number of carbonyl (C=O) groups is 3. The molecule has 3 aromatic rings. The zero-order valence-electron chi connectivity index (χ0n) is 15.7. The zero-order valence-corrected chi connectivity index (χ0v) is 15.7. The van der Waals surface area contributed by atoms with Gasteiger partial charge in [-0.3, -0.25) is 24.3 Å². The predicted molar refractivity (Wildman–Crippen MR) is 107 cm³/mol. The molecule has 0 aliphatic carbocycles. The number of rotatable bonds is 6. The molecule has 1 aliphatic rings. The van der Waals surface area contributed by atoms with Gasteiger partial charge >= 0.3 is 0 Å². The minimum atomic E-state index is -0.396. The molecule has 0 radical (unpaired) electrons. The smallest absolute Gasteiger partial charge is 0.261 e. The second kappa shape index (κ2) is 8.06. The summed E-state index contributed by atoms with van der Waals surface area (Å²) in [6, 6.07) is 18.0. The molecule has 0 fully saturated rings. The Bertz CT molecular complexity index is 1070. The van der Waals surface area contributed by atoms with Crippen molar-refractivity contribution in [1.29, 1.82) is 0 Å². The number of aromatic nitrogens is 1. The third-order valence-corrected chi connectivity index (χ3v) is 4.84. The van der Waals surface area contributed by atoms with Crippen molar-refractivity contribution >= 4 is 17.7 Å². The fourth-order valence-electron chi connectivity index (χ4n) is 3.32. The summed E-state index contributed by atoms with van der Waals surface area (Å²) in [6.45, 7) is 0.638. The molecule has 0 saturated heterocycles. The Hall–Kier alpha value is -3.80. The SMILES string of the molecule is O=C(NCCc1ccccc1)c1ccc2c(c1)C(=O)N(Cc1cccnc1)C2=O. The summed E-state index contributed by atoms with van der Waals surface area (Å²) >= 11 is 0. The number of carbonyl (C=O) groups excluding carboxylic acids is 3. The third-order valence-electron chi connectivity index (χ3n) is 4.84. The molecule has 2 aromatic carbocycles. The second-order valence-corrected chi connectivity index (χ2v) is 6.81. The molecule has 144 valence electrons. The Morgan fingerprint density at radius 3 is 2.41 bits per heavy atom. The first-order valence-corrected chi connectivity index (χ1v) is 9.35. The van der Waals surface area contributed by atoms with E-state index in [1.165, 1.54) is 11.0 Å². The Morgan fingerprint density at radius 1 is 0.897 bits per heavy atom. The summed E-state index contributed by atoms with van der Waals surface area (Å²) in [5.74, 6) is -1.02. The molecule has 1 N–H and O–H groups in total. The molecule has 1 aliphatic heterocycles. The third kappa shape index (κ3) is 3.91. The number of fused-ring (bicyclic) bond motifs is 1. The van der Waals surface area contributed by atoms with E-state index in [1.807, 2.05) is 36.4 Å². The Labute approximate surface area is 168 Å². The van der Waals surface area contributed by atoms with Gasteiger partial charge < -0.3 is 5.32 Å². The highest BCUT2D eigenvalue weighted by Gasteiger charge is 2.36. The number of amides is 3. The molecule has 0 atom stereocenters. The molecule has 6 heteroatoms. The van der Waals surface area contributed by atoms with E-state index in [2.05, 4.69) is 10.3 Å². The van der Waals surface area contributed by atoms with Crippen molar-refractivity contribution in [2.45, 2.75) is 13.0 Å². The van der Waals surface area contributed by atoms with E-state index in [-0.39, 0.29) is 23.9 Å². The van der Waals surface area contributed by atoms with E-state index in [0.717, 1.165) is 11.1 Å². The van der Waals surface area contributed by atoms with E-state index in [1.54, 1.807) is 30.6 Å². The largest absolute Gasteiger partial charge is 0.352 e. The number of hydrogen-bond acceptors (Lipinski definition) is 4. The van der Waals surface area contributed by atoms with Gasteiger partial charge in [0.25, 0.3) is 17.7 Å². The van der Waals surface area contributed by atoms with E-state index in [9.17, 15) is 14.4 Å². The van der Waals surface area contributed by atoms with Crippen molar-refractivity contribution in [3.05, 3.63) is 101 Å². The minimum absolute atomic E-state index is 0.152. The minimum Gasteiger partial charge on any atom is -0.352 e. The van der Waals surface area contributed by atoms with Crippen LogP contribution in [0.25, 0.3) is 0 Å². The van der Waals surface area contributed by atoms with Crippen LogP contribution in [-0.2, 0) is 13.0 Å². The zero-order chi connectivity index (χ0) is 20.2. The predicted octanol–water partition coefficient (Wildman–Crippen LogP) is 2.85. The number of nitrogens with one attached hydrogen (secondary N) is 1. The lowest BCUT2D eigenvalue weighted by Crippen LogP contribution is -2.29. The maximum atomic E-state index is 12.7. The van der Waals surface area contributed by atoms with Crippen molar-refractivity contribution in [1.82, 2.24) is 15.2 Å². The standard InChI is InChI=1S/C23H19N3O3/c27-21(25-12-10-16-5-2-1-3-6-16)18-8-9-19-20(13-18)23(29)26(22(19)28)15-17-7-4-11-24-14-17/h1-9,11,13-14H,10,12,15H2,(H,25,27). The first kappa shape index (κ1) is 18.6. The number of benzene rings is 2. The van der Waals surface area contributed by atoms with E-state index in [0.29, 0.717) is 24.1 Å². The van der Waals surface area contributed by atoms with Crippen molar-refractivity contribution in [2.75, 3.05) is 6.54 Å². The van der Waals surface area contributed by atoms with Gasteiger partial charge in [-0.1, -0.05) is 36.4 Å². The van der Waals surface area contributed by atoms with Gasteiger partial charge in [-0.25, -0.2) is 0 Å². The molecule has 4 rings (SSSR count). The Kier molecular flexibility index (Phi) is 5.16. The highest BCUT2D eigenvalue weighted by Crippen LogP contribution is 2.25. The highest BCUT2D eigenvalue weighted by atomic mass is 16.2. The average molecular weight is 385 g/mol. The summed E-state index contributed by atoms with van der Waals surface area (Å²) in [5, 5.41) is 2.86. The number of hydrogen-bond donors (Lipinski definition) is 1. The molecule has 6 nitrogen and oxygen atoms in total. The van der Waals surface area contributed by atoms with E-state index < -0.39 is 5.91 Å². The molecule has 1 aromatic heterocycles. The normalized spacial score (nSPS) is 12.8. The first-order chi connectivity index (χ1) is 14.1. The molecule has 3 amide bonds. The first-order valence-electron chi connectivity index (χ1n) is 9.35. The molecule has 2 heterocycles. The molecule has 29 heavy (non-hydrogen) atoms. The van der Waals surface area contributed by atoms with Gasteiger partial charge in [-0.05, 0) is 41.8 Å². The van der Waals surface area contributed by atoms with Crippen LogP contribution < -0.4 is 5.32 Å². The summed E-state index contributed by atoms with van der Waals surface area (Å²) in [6.07, 6.45) is 3.97. The van der Waals surface area contributed by atoms with Gasteiger partial charge in [0.1, 0.15) is 0 Å². The van der Waals surface area contributed by atoms with Gasteiger partial charge in [-0.15, -0.1) is 0 Å². The van der Waals surface area contributed by atoms with Crippen LogP contribution >= 0.6 is 0 Å². The van der Waals surface area contributed by atoms with Crippen LogP contribution in [0, 0.1) is 0 Å². The lowest BCUT2D eigenvalue weighted by molar-refractivity contribution is 0.0642. The van der Waals surface area contributed by atoms with Crippen LogP contribution in [0.3, 0.4) is 0 Å². The molecule has 0 saturated carbocycles. The number of nitrogens with zero attached hydrogens (tertiary/aromatic N) is 2. The molecule has 0 unspecified atom stereocenters. The molecule has 0 bridgehead atoms. The fourth-order valence-corrected chi connectivity index (χ4v) is 3.32. The maximum absolute atomic E-state index is 12.7. The van der Waals surface area contributed by atoms with Gasteiger partial charge in [0.15, 0.2) is 0 Å². The van der Waals surface area contributed by atoms with Gasteiger partial charge in [-0.2, -0.15) is 0 Å². The number of imide groups is 1. The topological polar surface area (TPSA) is 79.4 Å². The van der Waals surface area contributed by atoms with Crippen molar-refractivity contribution in [2.24, 2.45) is 0 Å². The van der Waals surface area contributed by atoms with Crippen LogP contribution in [-0.4, -0.2) is 34.2 Å². The van der Waals surface area contributed by atoms with Gasteiger partial charge in [0.05, 0.1) is 17.7 Å². The van der Waals surface area contributed by atoms with E-state index >= 15 is 0 Å². The lowest BCUT2D eigenvalue weighted by atomic mass is 10.1. The quantitative estimate of drug-likeness (QED) is 0.662. The monoisotopic (exact) mass is 385 g/mol. The summed E-state index contributed by atoms with van der Waals surface area (Å²) in [5.41, 5.74) is 2.84. The highest BCUT2D eigenvalue weighted by molar-refractivity contribution is 6.22. The Balaban J connectivity index is 1.44. The molecular weight excluding hydrogens is 366 g/mol. The molecular formula is C23H19N3O3. The van der Waals surface area contributed by atoms with Crippen molar-refractivity contribution in [3.8, 4) is 0 Å². The fraction of sp³-hybridized carbons (Fsp3) is 0.130. The molecule has 0 spiro atoms. The van der Waals surface area contributed by atoms with Gasteiger partial charge in [0.2, 0.25) is 0 Å². The van der Waals surface area contributed by atoms with Crippen molar-refractivity contribution < 1.29 is 14.4 Å². The van der Waals surface area contributed by atoms with Gasteiger partial charge in [0, 0.05) is 24.5 Å². The van der Waals surface area contributed by atoms with Crippen LogP contribution in [0.4, 0.5) is 0 Å². The van der Waals surface area contributed by atoms with Crippen molar-refractivity contribution in [3.63, 3.8) is 0 Å². The van der Waals surface area contributed by atoms with E-state index in [4.69, 9.17) is 0 Å². The Morgan fingerprint density at radius 2 is 1.66 bits per heavy atom. The number of pyridine rings is 1. The van der Waals surface area contributed by atoms with Crippen LogP contribution in [0.2, 0.25) is 0 Å². The average Bonchev–Trinajstić information content (AvgIpc) is 2.99. The second-order valence-electron chi connectivity index (χ2n) is 6.81. The lowest BCUT2D eigenvalue weighted by Gasteiger charge is -2.13. The van der Waals surface area contributed by atoms with Crippen LogP contribution in [0.5, 0.6) is 0 Å². The summed E-state index contributed by atoms with van der Waals surface area (Å²) in [7, 11) is 0. The summed E-state index contributed by atoms with van der Waals surface area (Å²) < 4.78 is 0. The summed E-state index contributed by atoms with van der Waals surface area (Å²) in [4.78, 5) is 43.0. The van der Waals surface area contributed by atoms with Crippen LogP contribution in [0.15, 0.2) is 73.1 Å². The maximum Gasteiger partial charge on any atom is 0.261 e.